The number of rotatable bonds is 2. The summed E-state index contributed by atoms with van der Waals surface area (Å²) < 4.78 is -0.241. The number of hydrogen-bond acceptors (Lipinski definition) is 2. The highest BCUT2D eigenvalue weighted by atomic mass is 35.5. The van der Waals surface area contributed by atoms with Crippen molar-refractivity contribution in [3.63, 3.8) is 0 Å². The summed E-state index contributed by atoms with van der Waals surface area (Å²) in [6.45, 7) is 2.74. The van der Waals surface area contributed by atoms with E-state index < -0.39 is 11.2 Å². The van der Waals surface area contributed by atoms with Crippen LogP contribution in [0.5, 0.6) is 0 Å². The first kappa shape index (κ1) is 16.1. The monoisotopic (exact) mass is 302 g/mol. The molecule has 2 unspecified atom stereocenters. The van der Waals surface area contributed by atoms with Gasteiger partial charge in [0.1, 0.15) is 20.2 Å². The zero-order chi connectivity index (χ0) is 13.0. The fourth-order valence-corrected chi connectivity index (χ4v) is 1.60. The number of halogens is 4. The molecule has 0 aliphatic carbocycles. The lowest BCUT2D eigenvalue weighted by atomic mass is 10.0. The smallest absolute Gasteiger partial charge is 0.144 e. The molecule has 0 spiro atoms. The van der Waals surface area contributed by atoms with E-state index in [1.807, 2.05) is 0 Å². The lowest BCUT2D eigenvalue weighted by molar-refractivity contribution is 0.162. The molecule has 0 saturated heterocycles. The summed E-state index contributed by atoms with van der Waals surface area (Å²) >= 11 is 21.5. The van der Waals surface area contributed by atoms with Gasteiger partial charge >= 0.3 is 0 Å². The standard InChI is InChI=1S/C10H10Cl4O2/c1-9(15,5-7(11)12)3-4-10(2,16)6-8(13)14/h5-6,15-16H,1-2H3. The maximum Gasteiger partial charge on any atom is 0.144 e. The molecule has 0 aliphatic heterocycles. The Morgan fingerprint density at radius 2 is 1.12 bits per heavy atom. The largest absolute Gasteiger partial charge is 0.374 e. The van der Waals surface area contributed by atoms with Gasteiger partial charge in [-0.3, -0.25) is 0 Å². The number of hydrogen-bond donors (Lipinski definition) is 2. The summed E-state index contributed by atoms with van der Waals surface area (Å²) in [6, 6.07) is 0. The minimum absolute atomic E-state index is 0.120. The normalized spacial score (nSPS) is 17.2. The fraction of sp³-hybridized carbons (Fsp3) is 0.400. The second-order valence-corrected chi connectivity index (χ2v) is 5.43. The van der Waals surface area contributed by atoms with Gasteiger partial charge in [0.15, 0.2) is 0 Å². The Balaban J connectivity index is 4.99. The van der Waals surface area contributed by atoms with Crippen molar-refractivity contribution in [2.45, 2.75) is 25.0 Å². The van der Waals surface area contributed by atoms with E-state index >= 15 is 0 Å². The second-order valence-electron chi connectivity index (χ2n) is 3.41. The van der Waals surface area contributed by atoms with Gasteiger partial charge in [0.2, 0.25) is 0 Å². The first-order valence-electron chi connectivity index (χ1n) is 4.11. The van der Waals surface area contributed by atoms with Gasteiger partial charge in [-0.2, -0.15) is 0 Å². The molecule has 0 fully saturated rings. The van der Waals surface area contributed by atoms with E-state index in [0.29, 0.717) is 0 Å². The average molecular weight is 304 g/mol. The first-order valence-corrected chi connectivity index (χ1v) is 5.62. The molecule has 2 atom stereocenters. The van der Waals surface area contributed by atoms with Crippen LogP contribution in [0, 0.1) is 11.8 Å². The zero-order valence-electron chi connectivity index (χ0n) is 8.56. The lowest BCUT2D eigenvalue weighted by Gasteiger charge is -2.14. The zero-order valence-corrected chi connectivity index (χ0v) is 11.6. The van der Waals surface area contributed by atoms with Crippen LogP contribution in [-0.4, -0.2) is 21.4 Å². The fourth-order valence-electron chi connectivity index (χ4n) is 0.750. The van der Waals surface area contributed by atoms with Gasteiger partial charge < -0.3 is 10.2 Å². The van der Waals surface area contributed by atoms with Crippen LogP contribution in [0.15, 0.2) is 21.1 Å². The molecule has 0 rings (SSSR count). The molecule has 2 N–H and O–H groups in total. The predicted molar refractivity (Wildman–Crippen MR) is 68.6 cm³/mol. The van der Waals surface area contributed by atoms with Crippen LogP contribution in [0.25, 0.3) is 0 Å². The minimum atomic E-state index is -1.55. The highest BCUT2D eigenvalue weighted by Gasteiger charge is 2.18. The molecule has 6 heteroatoms. The molecule has 0 aromatic heterocycles. The van der Waals surface area contributed by atoms with Gasteiger partial charge in [0, 0.05) is 0 Å². The van der Waals surface area contributed by atoms with Gasteiger partial charge in [-0.25, -0.2) is 0 Å². The van der Waals surface area contributed by atoms with Crippen LogP contribution in [0.4, 0.5) is 0 Å². The molecule has 0 aliphatic rings. The topological polar surface area (TPSA) is 40.5 Å². The van der Waals surface area contributed by atoms with Crippen LogP contribution < -0.4 is 0 Å². The third-order valence-corrected chi connectivity index (χ3v) is 1.79. The van der Waals surface area contributed by atoms with E-state index in [0.717, 1.165) is 12.2 Å². The number of aliphatic hydroxyl groups is 2. The SMILES string of the molecule is CC(O)(C#CC(C)(O)C=C(Cl)Cl)C=C(Cl)Cl. The van der Waals surface area contributed by atoms with Crippen molar-refractivity contribution in [1.29, 1.82) is 0 Å². The van der Waals surface area contributed by atoms with Gasteiger partial charge in [0.25, 0.3) is 0 Å². The predicted octanol–water partition coefficient (Wildman–Crippen LogP) is 3.13. The summed E-state index contributed by atoms with van der Waals surface area (Å²) in [5.41, 5.74) is -3.09. The van der Waals surface area contributed by atoms with Crippen LogP contribution in [0.3, 0.4) is 0 Å². The summed E-state index contributed by atoms with van der Waals surface area (Å²) in [6.07, 6.45) is 2.26. The Labute approximate surface area is 114 Å². The quantitative estimate of drug-likeness (QED) is 0.770. The Kier molecular flexibility index (Phi) is 6.21. The van der Waals surface area contributed by atoms with Crippen molar-refractivity contribution < 1.29 is 10.2 Å². The van der Waals surface area contributed by atoms with Crippen LogP contribution >= 0.6 is 46.4 Å². The maximum atomic E-state index is 9.67. The Morgan fingerprint density at radius 3 is 1.31 bits per heavy atom. The molecular weight excluding hydrogens is 294 g/mol. The molecule has 0 heterocycles. The van der Waals surface area contributed by atoms with E-state index in [2.05, 4.69) is 11.8 Å². The van der Waals surface area contributed by atoms with Crippen molar-refractivity contribution in [3.8, 4) is 11.8 Å². The van der Waals surface area contributed by atoms with Crippen LogP contribution in [0.1, 0.15) is 13.8 Å². The molecule has 0 saturated carbocycles. The highest BCUT2D eigenvalue weighted by molar-refractivity contribution is 6.56. The molecular formula is C10H10Cl4O2. The van der Waals surface area contributed by atoms with E-state index in [1.165, 1.54) is 13.8 Å². The molecule has 0 aromatic carbocycles. The Hall–Kier alpha value is 0.120. The van der Waals surface area contributed by atoms with E-state index in [9.17, 15) is 10.2 Å². The van der Waals surface area contributed by atoms with Crippen molar-refractivity contribution in [2.24, 2.45) is 0 Å². The van der Waals surface area contributed by atoms with Gasteiger partial charge in [0.05, 0.1) is 0 Å². The summed E-state index contributed by atoms with van der Waals surface area (Å²) in [7, 11) is 0. The van der Waals surface area contributed by atoms with Crippen molar-refractivity contribution in [3.05, 3.63) is 21.1 Å². The molecule has 90 valence electrons. The van der Waals surface area contributed by atoms with Crippen LogP contribution in [0.2, 0.25) is 0 Å². The van der Waals surface area contributed by atoms with Gasteiger partial charge in [-0.05, 0) is 26.0 Å². The first-order chi connectivity index (χ1) is 7.04. The maximum absolute atomic E-state index is 9.67. The summed E-state index contributed by atoms with van der Waals surface area (Å²) in [4.78, 5) is 0. The van der Waals surface area contributed by atoms with Crippen LogP contribution in [-0.2, 0) is 0 Å². The molecule has 2 nitrogen and oxygen atoms in total. The van der Waals surface area contributed by atoms with Crippen molar-refractivity contribution >= 4 is 46.4 Å². The Morgan fingerprint density at radius 1 is 0.875 bits per heavy atom. The molecule has 0 bridgehead atoms. The van der Waals surface area contributed by atoms with E-state index in [1.54, 1.807) is 0 Å². The highest BCUT2D eigenvalue weighted by Crippen LogP contribution is 2.17. The molecule has 16 heavy (non-hydrogen) atoms. The molecule has 0 amide bonds. The lowest BCUT2D eigenvalue weighted by Crippen LogP contribution is -2.23. The minimum Gasteiger partial charge on any atom is -0.374 e. The average Bonchev–Trinajstić information content (AvgIpc) is 1.96. The van der Waals surface area contributed by atoms with E-state index in [4.69, 9.17) is 46.4 Å². The summed E-state index contributed by atoms with van der Waals surface area (Å²) in [5, 5.41) is 19.3. The molecule has 0 aromatic rings. The second kappa shape index (κ2) is 6.16. The van der Waals surface area contributed by atoms with Gasteiger partial charge in [-0.15, -0.1) is 0 Å². The summed E-state index contributed by atoms with van der Waals surface area (Å²) in [5.74, 6) is 4.77. The molecule has 0 radical (unpaired) electrons. The Bertz CT molecular complexity index is 330. The third-order valence-electron chi connectivity index (χ3n) is 1.35. The van der Waals surface area contributed by atoms with E-state index in [-0.39, 0.29) is 8.98 Å². The van der Waals surface area contributed by atoms with Crippen molar-refractivity contribution in [2.75, 3.05) is 0 Å². The van der Waals surface area contributed by atoms with Gasteiger partial charge in [-0.1, -0.05) is 58.2 Å². The third kappa shape index (κ3) is 8.29. The van der Waals surface area contributed by atoms with Crippen molar-refractivity contribution in [1.82, 2.24) is 0 Å².